The maximum Gasteiger partial charge on any atom is 0.272 e. The summed E-state index contributed by atoms with van der Waals surface area (Å²) in [6.07, 6.45) is 3.56. The van der Waals surface area contributed by atoms with Gasteiger partial charge in [-0.3, -0.25) is 19.6 Å². The molecule has 2 aromatic rings. The van der Waals surface area contributed by atoms with Crippen LogP contribution >= 0.6 is 0 Å². The molecule has 4 heterocycles. The topological polar surface area (TPSA) is 82.9 Å². The minimum Gasteiger partial charge on any atom is -0.378 e. The molecule has 0 saturated carbocycles. The number of carbonyl (C=O) groups is 1. The first kappa shape index (κ1) is 16.3. The van der Waals surface area contributed by atoms with Gasteiger partial charge in [-0.05, 0) is 25.9 Å². The molecular weight excluding hydrogens is 322 g/mol. The van der Waals surface area contributed by atoms with E-state index in [0.29, 0.717) is 38.5 Å². The second-order valence-corrected chi connectivity index (χ2v) is 6.72. The second kappa shape index (κ2) is 6.97. The molecule has 0 atom stereocenters. The summed E-state index contributed by atoms with van der Waals surface area (Å²) in [7, 11) is 0. The molecule has 0 aliphatic carbocycles. The Morgan fingerprint density at radius 2 is 2.00 bits per heavy atom. The molecule has 2 fully saturated rings. The highest BCUT2D eigenvalue weighted by molar-refractivity contribution is 5.78. The molecule has 0 unspecified atom stereocenters. The first-order valence-corrected chi connectivity index (χ1v) is 8.86. The number of carbonyl (C=O) groups excluding carboxylic acids is 1. The van der Waals surface area contributed by atoms with Crippen LogP contribution in [0.4, 0.5) is 0 Å². The summed E-state index contributed by atoms with van der Waals surface area (Å²) < 4.78 is 6.74. The molecule has 8 heteroatoms. The van der Waals surface area contributed by atoms with Gasteiger partial charge in [-0.1, -0.05) is 0 Å². The largest absolute Gasteiger partial charge is 0.378 e. The van der Waals surface area contributed by atoms with Crippen LogP contribution in [0.1, 0.15) is 24.5 Å². The van der Waals surface area contributed by atoms with Crippen LogP contribution in [0, 0.1) is 0 Å². The van der Waals surface area contributed by atoms with E-state index in [2.05, 4.69) is 15.0 Å². The Balaban J connectivity index is 1.36. The Hall–Kier alpha value is -2.19. The van der Waals surface area contributed by atoms with Gasteiger partial charge >= 0.3 is 0 Å². The van der Waals surface area contributed by atoms with Gasteiger partial charge in [0.05, 0.1) is 25.5 Å². The van der Waals surface area contributed by atoms with E-state index in [1.807, 2.05) is 4.90 Å². The van der Waals surface area contributed by atoms with Gasteiger partial charge in [-0.25, -0.2) is 9.50 Å². The zero-order valence-corrected chi connectivity index (χ0v) is 14.2. The Bertz CT molecular complexity index is 800. The van der Waals surface area contributed by atoms with Gasteiger partial charge in [0.25, 0.3) is 5.56 Å². The minimum absolute atomic E-state index is 0.0741. The summed E-state index contributed by atoms with van der Waals surface area (Å²) in [5, 5.41) is 2.86. The van der Waals surface area contributed by atoms with Crippen molar-refractivity contribution in [3.8, 4) is 0 Å². The van der Waals surface area contributed by atoms with E-state index < -0.39 is 0 Å². The lowest BCUT2D eigenvalue weighted by atomic mass is 9.93. The molecule has 25 heavy (non-hydrogen) atoms. The van der Waals surface area contributed by atoms with Gasteiger partial charge in [-0.15, -0.1) is 0 Å². The van der Waals surface area contributed by atoms with Crippen LogP contribution < -0.4 is 5.56 Å². The van der Waals surface area contributed by atoms with E-state index in [-0.39, 0.29) is 17.4 Å². The molecule has 0 aromatic carbocycles. The molecule has 1 amide bonds. The van der Waals surface area contributed by atoms with E-state index in [0.717, 1.165) is 31.6 Å². The van der Waals surface area contributed by atoms with Crippen molar-refractivity contribution in [3.63, 3.8) is 0 Å². The highest BCUT2D eigenvalue weighted by atomic mass is 16.5. The quantitative estimate of drug-likeness (QED) is 0.851. The molecule has 0 bridgehead atoms. The monoisotopic (exact) mass is 345 g/mol. The smallest absolute Gasteiger partial charge is 0.272 e. The molecule has 1 N–H and O–H groups in total. The van der Waals surface area contributed by atoms with E-state index in [1.165, 1.54) is 4.52 Å². The van der Waals surface area contributed by atoms with Crippen LogP contribution in [0.15, 0.2) is 23.1 Å². The number of likely N-dealkylation sites (tertiary alicyclic amines) is 1. The maximum atomic E-state index is 12.3. The van der Waals surface area contributed by atoms with Crippen molar-refractivity contribution in [2.75, 3.05) is 45.9 Å². The zero-order chi connectivity index (χ0) is 17.2. The number of aromatic nitrogens is 3. The Labute approximate surface area is 145 Å². The third-order valence-electron chi connectivity index (χ3n) is 5.13. The molecule has 134 valence electrons. The number of fused-ring (bicyclic) bond motifs is 1. The van der Waals surface area contributed by atoms with Crippen LogP contribution in [0.25, 0.3) is 5.65 Å². The number of H-pyrrole nitrogens is 1. The molecular formula is C17H23N5O3. The predicted molar refractivity (Wildman–Crippen MR) is 91.6 cm³/mol. The first-order chi connectivity index (χ1) is 12.2. The third kappa shape index (κ3) is 3.45. The fraction of sp³-hybridized carbons (Fsp3) is 0.588. The predicted octanol–water partition coefficient (Wildman–Crippen LogP) is 0.0608. The molecule has 4 rings (SSSR count). The number of rotatable bonds is 3. The summed E-state index contributed by atoms with van der Waals surface area (Å²) in [5.41, 5.74) is 1.45. The van der Waals surface area contributed by atoms with Gasteiger partial charge < -0.3 is 9.64 Å². The summed E-state index contributed by atoms with van der Waals surface area (Å²) in [4.78, 5) is 33.2. The molecule has 2 saturated heterocycles. The normalized spacial score (nSPS) is 20.2. The van der Waals surface area contributed by atoms with Gasteiger partial charge in [0.1, 0.15) is 0 Å². The number of morpholine rings is 1. The number of hydrogen-bond acceptors (Lipinski definition) is 5. The number of aromatic amines is 1. The number of nitrogens with zero attached hydrogens (tertiary/aromatic N) is 4. The number of amides is 1. The van der Waals surface area contributed by atoms with Crippen LogP contribution in [0.2, 0.25) is 0 Å². The average molecular weight is 345 g/mol. The van der Waals surface area contributed by atoms with E-state index >= 15 is 0 Å². The minimum atomic E-state index is -0.0741. The van der Waals surface area contributed by atoms with Crippen molar-refractivity contribution in [3.05, 3.63) is 34.4 Å². The third-order valence-corrected chi connectivity index (χ3v) is 5.13. The van der Waals surface area contributed by atoms with Gasteiger partial charge in [0.2, 0.25) is 5.91 Å². The molecule has 0 radical (unpaired) electrons. The fourth-order valence-corrected chi connectivity index (χ4v) is 3.65. The van der Waals surface area contributed by atoms with E-state index in [9.17, 15) is 9.59 Å². The molecule has 2 aromatic heterocycles. The van der Waals surface area contributed by atoms with Crippen LogP contribution in [-0.4, -0.2) is 76.2 Å². The standard InChI is InChI=1S/C17H23N5O3/c23-16-11-14(19-15-1-4-18-22(15)16)13-2-5-20(6-3-13)12-17(24)21-7-9-25-10-8-21/h1,4,11,13,18H,2-3,5-10,12H2. The van der Waals surface area contributed by atoms with E-state index in [4.69, 9.17) is 4.74 Å². The highest BCUT2D eigenvalue weighted by Gasteiger charge is 2.25. The lowest BCUT2D eigenvalue weighted by Crippen LogP contribution is -2.47. The first-order valence-electron chi connectivity index (χ1n) is 8.86. The van der Waals surface area contributed by atoms with Crippen LogP contribution in [-0.2, 0) is 9.53 Å². The molecule has 0 spiro atoms. The van der Waals surface area contributed by atoms with Crippen molar-refractivity contribution >= 4 is 11.6 Å². The summed E-state index contributed by atoms with van der Waals surface area (Å²) in [5.74, 6) is 0.467. The Morgan fingerprint density at radius 3 is 2.76 bits per heavy atom. The van der Waals surface area contributed by atoms with Crippen molar-refractivity contribution in [2.24, 2.45) is 0 Å². The summed E-state index contributed by atoms with van der Waals surface area (Å²) in [6, 6.07) is 3.43. The van der Waals surface area contributed by atoms with Crippen molar-refractivity contribution in [2.45, 2.75) is 18.8 Å². The van der Waals surface area contributed by atoms with Gasteiger partial charge in [0, 0.05) is 37.3 Å². The Morgan fingerprint density at radius 1 is 1.24 bits per heavy atom. The van der Waals surface area contributed by atoms with Crippen molar-refractivity contribution < 1.29 is 9.53 Å². The molecule has 2 aliphatic heterocycles. The van der Waals surface area contributed by atoms with Crippen molar-refractivity contribution in [1.82, 2.24) is 24.4 Å². The summed E-state index contributed by atoms with van der Waals surface area (Å²) in [6.45, 7) is 4.84. The van der Waals surface area contributed by atoms with E-state index in [1.54, 1.807) is 18.3 Å². The lowest BCUT2D eigenvalue weighted by molar-refractivity contribution is -0.136. The second-order valence-electron chi connectivity index (χ2n) is 6.72. The van der Waals surface area contributed by atoms with Crippen LogP contribution in [0.5, 0.6) is 0 Å². The van der Waals surface area contributed by atoms with Gasteiger partial charge in [-0.2, -0.15) is 0 Å². The number of nitrogens with one attached hydrogen (secondary N) is 1. The van der Waals surface area contributed by atoms with Crippen LogP contribution in [0.3, 0.4) is 0 Å². The van der Waals surface area contributed by atoms with Crippen molar-refractivity contribution in [1.29, 1.82) is 0 Å². The molecule has 2 aliphatic rings. The number of hydrogen-bond donors (Lipinski definition) is 1. The number of piperidine rings is 1. The fourth-order valence-electron chi connectivity index (χ4n) is 3.65. The highest BCUT2D eigenvalue weighted by Crippen LogP contribution is 2.26. The SMILES string of the molecule is O=C(CN1CCC(c2cc(=O)n3[nH]ccc3n2)CC1)N1CCOCC1. The zero-order valence-electron chi connectivity index (χ0n) is 14.2. The average Bonchev–Trinajstić information content (AvgIpc) is 3.12. The Kier molecular flexibility index (Phi) is 4.54. The van der Waals surface area contributed by atoms with Gasteiger partial charge in [0.15, 0.2) is 5.65 Å². The number of ether oxygens (including phenoxy) is 1. The maximum absolute atomic E-state index is 12.3. The summed E-state index contributed by atoms with van der Waals surface area (Å²) >= 11 is 0. The lowest BCUT2D eigenvalue weighted by Gasteiger charge is -2.33. The molecule has 8 nitrogen and oxygen atoms in total.